The molecule has 2 N–H and O–H groups in total. The molecule has 0 radical (unpaired) electrons. The molecule has 5 nitrogen and oxygen atoms in total. The van der Waals surface area contributed by atoms with Gasteiger partial charge in [-0.2, -0.15) is 0 Å². The molecule has 16 heavy (non-hydrogen) atoms. The molecule has 0 heterocycles. The van der Waals surface area contributed by atoms with Gasteiger partial charge in [0, 0.05) is 18.2 Å². The van der Waals surface area contributed by atoms with Crippen LogP contribution in [0.1, 0.15) is 12.0 Å². The Balaban J connectivity index is 3.19. The Bertz CT molecular complexity index is 504. The SMILES string of the molecule is CS(=O)(=O)c1cccc(O)c1CCC(=O)O. The lowest BCUT2D eigenvalue weighted by Crippen LogP contribution is -2.05. The number of hydrogen-bond acceptors (Lipinski definition) is 4. The normalized spacial score (nSPS) is 11.3. The number of sulfone groups is 1. The second kappa shape index (κ2) is 4.52. The van der Waals surface area contributed by atoms with E-state index in [1.54, 1.807) is 0 Å². The van der Waals surface area contributed by atoms with E-state index in [2.05, 4.69) is 0 Å². The third kappa shape index (κ3) is 2.96. The van der Waals surface area contributed by atoms with E-state index >= 15 is 0 Å². The number of phenols is 1. The Morgan fingerprint density at radius 2 is 2.00 bits per heavy atom. The molecule has 0 aliphatic heterocycles. The predicted octanol–water partition coefficient (Wildman–Crippen LogP) is 0.813. The molecule has 0 saturated heterocycles. The summed E-state index contributed by atoms with van der Waals surface area (Å²) in [5, 5.41) is 18.0. The highest BCUT2D eigenvalue weighted by atomic mass is 32.2. The molecule has 6 heteroatoms. The summed E-state index contributed by atoms with van der Waals surface area (Å²) < 4.78 is 22.8. The zero-order chi connectivity index (χ0) is 12.3. The third-order valence-corrected chi connectivity index (χ3v) is 3.28. The van der Waals surface area contributed by atoms with E-state index in [0.29, 0.717) is 0 Å². The van der Waals surface area contributed by atoms with Gasteiger partial charge in [-0.05, 0) is 18.6 Å². The lowest BCUT2D eigenvalue weighted by molar-refractivity contribution is -0.136. The molecular weight excluding hydrogens is 232 g/mol. The summed E-state index contributed by atoms with van der Waals surface area (Å²) >= 11 is 0. The van der Waals surface area contributed by atoms with Crippen molar-refractivity contribution in [2.75, 3.05) is 6.26 Å². The van der Waals surface area contributed by atoms with Gasteiger partial charge in [0.25, 0.3) is 0 Å². The van der Waals surface area contributed by atoms with Crippen molar-refractivity contribution < 1.29 is 23.4 Å². The van der Waals surface area contributed by atoms with Crippen molar-refractivity contribution in [2.24, 2.45) is 0 Å². The molecule has 0 aromatic heterocycles. The lowest BCUT2D eigenvalue weighted by Gasteiger charge is -2.08. The summed E-state index contributed by atoms with van der Waals surface area (Å²) in [6, 6.07) is 4.11. The summed E-state index contributed by atoms with van der Waals surface area (Å²) in [6.07, 6.45) is 0.788. The first-order valence-electron chi connectivity index (χ1n) is 4.55. The minimum absolute atomic E-state index is 0.00951. The van der Waals surface area contributed by atoms with Crippen LogP contribution in [0.2, 0.25) is 0 Å². The summed E-state index contributed by atoms with van der Waals surface area (Å²) in [5.41, 5.74) is 0.160. The van der Waals surface area contributed by atoms with Crippen LogP contribution in [0.4, 0.5) is 0 Å². The van der Waals surface area contributed by atoms with Crippen LogP contribution in [-0.2, 0) is 21.1 Å². The molecule has 0 spiro atoms. The molecule has 0 saturated carbocycles. The highest BCUT2D eigenvalue weighted by Gasteiger charge is 2.16. The van der Waals surface area contributed by atoms with Gasteiger partial charge in [0.2, 0.25) is 0 Å². The number of carbonyl (C=O) groups is 1. The van der Waals surface area contributed by atoms with Crippen LogP contribution < -0.4 is 0 Å². The van der Waals surface area contributed by atoms with Crippen molar-refractivity contribution in [1.82, 2.24) is 0 Å². The molecule has 0 aliphatic carbocycles. The van der Waals surface area contributed by atoms with E-state index in [9.17, 15) is 18.3 Å². The van der Waals surface area contributed by atoms with Gasteiger partial charge in [-0.15, -0.1) is 0 Å². The number of hydrogen-bond donors (Lipinski definition) is 2. The summed E-state index contributed by atoms with van der Waals surface area (Å²) in [4.78, 5) is 10.4. The van der Waals surface area contributed by atoms with E-state index < -0.39 is 15.8 Å². The highest BCUT2D eigenvalue weighted by Crippen LogP contribution is 2.26. The van der Waals surface area contributed by atoms with Gasteiger partial charge in [0.15, 0.2) is 9.84 Å². The van der Waals surface area contributed by atoms with E-state index in [1.807, 2.05) is 0 Å². The number of carboxylic acids is 1. The molecule has 0 aliphatic rings. The van der Waals surface area contributed by atoms with Crippen molar-refractivity contribution >= 4 is 15.8 Å². The Kier molecular flexibility index (Phi) is 3.54. The smallest absolute Gasteiger partial charge is 0.303 e. The summed E-state index contributed by atoms with van der Waals surface area (Å²) in [5.74, 6) is -1.23. The number of rotatable bonds is 4. The first kappa shape index (κ1) is 12.5. The fraction of sp³-hybridized carbons (Fsp3) is 0.300. The fourth-order valence-corrected chi connectivity index (χ4v) is 2.36. The maximum absolute atomic E-state index is 11.4. The molecule has 88 valence electrons. The molecule has 1 aromatic rings. The predicted molar refractivity (Wildman–Crippen MR) is 57.2 cm³/mol. The first-order chi connectivity index (χ1) is 7.32. The number of aromatic hydroxyl groups is 1. The van der Waals surface area contributed by atoms with Gasteiger partial charge in [0.05, 0.1) is 4.90 Å². The summed E-state index contributed by atoms with van der Waals surface area (Å²) in [7, 11) is -3.46. The first-order valence-corrected chi connectivity index (χ1v) is 6.44. The van der Waals surface area contributed by atoms with E-state index in [4.69, 9.17) is 5.11 Å². The minimum Gasteiger partial charge on any atom is -0.508 e. The van der Waals surface area contributed by atoms with Gasteiger partial charge in [-0.1, -0.05) is 6.07 Å². The topological polar surface area (TPSA) is 91.7 Å². The molecule has 0 amide bonds. The number of aliphatic carboxylic acids is 1. The van der Waals surface area contributed by atoms with Crippen molar-refractivity contribution in [3.8, 4) is 5.75 Å². The minimum atomic E-state index is -3.46. The second-order valence-electron chi connectivity index (χ2n) is 3.42. The standard InChI is InChI=1S/C10H12O5S/c1-16(14,15)9-4-2-3-8(11)7(9)5-6-10(12)13/h2-4,11H,5-6H2,1H3,(H,12,13). The average Bonchev–Trinajstić information content (AvgIpc) is 2.13. The fourth-order valence-electron chi connectivity index (χ4n) is 1.38. The lowest BCUT2D eigenvalue weighted by atomic mass is 10.1. The van der Waals surface area contributed by atoms with Crippen LogP contribution >= 0.6 is 0 Å². The van der Waals surface area contributed by atoms with Gasteiger partial charge < -0.3 is 10.2 Å². The van der Waals surface area contributed by atoms with Crippen LogP contribution in [-0.4, -0.2) is 30.9 Å². The van der Waals surface area contributed by atoms with E-state index in [0.717, 1.165) is 6.26 Å². The maximum Gasteiger partial charge on any atom is 0.303 e. The molecular formula is C10H12O5S. The quantitative estimate of drug-likeness (QED) is 0.817. The Labute approximate surface area is 93.3 Å². The number of benzene rings is 1. The molecule has 0 bridgehead atoms. The Morgan fingerprint density at radius 1 is 1.38 bits per heavy atom. The molecule has 1 aromatic carbocycles. The molecule has 0 atom stereocenters. The van der Waals surface area contributed by atoms with Crippen LogP contribution in [0.3, 0.4) is 0 Å². The van der Waals surface area contributed by atoms with Crippen LogP contribution in [0.15, 0.2) is 23.1 Å². The van der Waals surface area contributed by atoms with Gasteiger partial charge in [-0.3, -0.25) is 4.79 Å². The van der Waals surface area contributed by atoms with Gasteiger partial charge in [0.1, 0.15) is 5.75 Å². The average molecular weight is 244 g/mol. The maximum atomic E-state index is 11.4. The molecule has 1 rings (SSSR count). The highest BCUT2D eigenvalue weighted by molar-refractivity contribution is 7.90. The number of carboxylic acid groups (broad SMARTS) is 1. The van der Waals surface area contributed by atoms with Crippen molar-refractivity contribution in [1.29, 1.82) is 0 Å². The zero-order valence-corrected chi connectivity index (χ0v) is 9.49. The molecule has 0 unspecified atom stereocenters. The van der Waals surface area contributed by atoms with Crippen LogP contribution in [0.25, 0.3) is 0 Å². The van der Waals surface area contributed by atoms with Crippen molar-refractivity contribution in [2.45, 2.75) is 17.7 Å². The largest absolute Gasteiger partial charge is 0.508 e. The van der Waals surface area contributed by atoms with E-state index in [-0.39, 0.29) is 29.1 Å². The molecule has 0 fully saturated rings. The van der Waals surface area contributed by atoms with Crippen LogP contribution in [0, 0.1) is 0 Å². The zero-order valence-electron chi connectivity index (χ0n) is 8.67. The second-order valence-corrected chi connectivity index (χ2v) is 5.40. The monoisotopic (exact) mass is 244 g/mol. The third-order valence-electron chi connectivity index (χ3n) is 2.10. The van der Waals surface area contributed by atoms with Crippen molar-refractivity contribution in [3.63, 3.8) is 0 Å². The van der Waals surface area contributed by atoms with Crippen molar-refractivity contribution in [3.05, 3.63) is 23.8 Å². The van der Waals surface area contributed by atoms with Gasteiger partial charge in [-0.25, -0.2) is 8.42 Å². The van der Waals surface area contributed by atoms with Gasteiger partial charge >= 0.3 is 5.97 Å². The van der Waals surface area contributed by atoms with E-state index in [1.165, 1.54) is 18.2 Å². The summed E-state index contributed by atoms with van der Waals surface area (Å²) in [6.45, 7) is 0. The number of phenolic OH excluding ortho intramolecular Hbond substituents is 1. The Morgan fingerprint density at radius 3 is 2.50 bits per heavy atom. The van der Waals surface area contributed by atoms with Crippen LogP contribution in [0.5, 0.6) is 5.75 Å². The Hall–Kier alpha value is -1.56.